The number of hydrogen-bond acceptors (Lipinski definition) is 2. The van der Waals surface area contributed by atoms with Crippen molar-refractivity contribution in [2.75, 3.05) is 18.5 Å². The highest BCUT2D eigenvalue weighted by Gasteiger charge is 2.04. The third kappa shape index (κ3) is 4.51. The summed E-state index contributed by atoms with van der Waals surface area (Å²) in [6.07, 6.45) is 1.86. The predicted octanol–water partition coefficient (Wildman–Crippen LogP) is 2.65. The van der Waals surface area contributed by atoms with Crippen LogP contribution in [0.5, 0.6) is 0 Å². The summed E-state index contributed by atoms with van der Waals surface area (Å²) in [5, 5.41) is 7.47. The fourth-order valence-electron chi connectivity index (χ4n) is 1.20. The van der Waals surface area contributed by atoms with Crippen LogP contribution in [0.2, 0.25) is 0 Å². The summed E-state index contributed by atoms with van der Waals surface area (Å²) in [5.41, 5.74) is 1.07. The monoisotopic (exact) mass is 235 g/mol. The molecule has 1 aromatic rings. The van der Waals surface area contributed by atoms with E-state index in [4.69, 9.17) is 0 Å². The molecular weight excluding hydrogens is 217 g/mol. The number of aryl methyl sites for hydroxylation is 2. The topological polar surface area (TPSA) is 29.9 Å². The van der Waals surface area contributed by atoms with Gasteiger partial charge in [0.2, 0.25) is 0 Å². The molecule has 0 saturated carbocycles. The summed E-state index contributed by atoms with van der Waals surface area (Å²) in [5.74, 6) is 1.45. The van der Waals surface area contributed by atoms with E-state index in [9.17, 15) is 4.39 Å². The molecule has 88 valence electrons. The molecule has 0 amide bonds. The molecule has 1 rings (SSSR count). The zero-order chi connectivity index (χ0) is 10.6. The molecule has 0 unspecified atom stereocenters. The van der Waals surface area contributed by atoms with E-state index in [0.29, 0.717) is 12.5 Å². The van der Waals surface area contributed by atoms with Gasteiger partial charge < -0.3 is 5.32 Å². The number of aromatic nitrogens is 2. The van der Waals surface area contributed by atoms with Crippen molar-refractivity contribution in [3.05, 3.63) is 11.8 Å². The number of halogens is 2. The molecule has 0 spiro atoms. The molecule has 0 fully saturated rings. The number of nitrogens with one attached hydrogen (secondary N) is 1. The van der Waals surface area contributed by atoms with Crippen molar-refractivity contribution in [3.8, 4) is 0 Å². The standard InChI is InChI=1S/C10H18FN3.ClH/c1-8(2)6-12-10-9(3)7-14(13-10)5-4-11;/h7-8H,4-6H2,1-3H3,(H,12,13);1H. The molecule has 0 aliphatic carbocycles. The summed E-state index contributed by atoms with van der Waals surface area (Å²) >= 11 is 0. The Morgan fingerprint density at radius 2 is 2.20 bits per heavy atom. The summed E-state index contributed by atoms with van der Waals surface area (Å²) in [7, 11) is 0. The quantitative estimate of drug-likeness (QED) is 0.851. The second kappa shape index (κ2) is 6.67. The number of rotatable bonds is 5. The Bertz CT molecular complexity index is 286. The Hall–Kier alpha value is -0.770. The van der Waals surface area contributed by atoms with Crippen molar-refractivity contribution in [3.63, 3.8) is 0 Å². The molecule has 3 nitrogen and oxygen atoms in total. The van der Waals surface area contributed by atoms with Gasteiger partial charge in [-0.05, 0) is 12.8 Å². The maximum Gasteiger partial charge on any atom is 0.150 e. The molecule has 0 aliphatic heterocycles. The van der Waals surface area contributed by atoms with Crippen LogP contribution in [0, 0.1) is 12.8 Å². The van der Waals surface area contributed by atoms with Crippen molar-refractivity contribution in [2.24, 2.45) is 5.92 Å². The average Bonchev–Trinajstić information content (AvgIpc) is 2.44. The SMILES string of the molecule is Cc1cn(CCF)nc1NCC(C)C.Cl. The van der Waals surface area contributed by atoms with E-state index < -0.39 is 0 Å². The van der Waals surface area contributed by atoms with Crippen molar-refractivity contribution >= 4 is 18.2 Å². The molecule has 5 heteroatoms. The van der Waals surface area contributed by atoms with Crippen LogP contribution >= 0.6 is 12.4 Å². The van der Waals surface area contributed by atoms with Gasteiger partial charge >= 0.3 is 0 Å². The van der Waals surface area contributed by atoms with Gasteiger partial charge in [-0.15, -0.1) is 12.4 Å². The van der Waals surface area contributed by atoms with E-state index in [-0.39, 0.29) is 19.1 Å². The van der Waals surface area contributed by atoms with E-state index >= 15 is 0 Å². The fourth-order valence-corrected chi connectivity index (χ4v) is 1.20. The van der Waals surface area contributed by atoms with Crippen molar-refractivity contribution < 1.29 is 4.39 Å². The van der Waals surface area contributed by atoms with Gasteiger partial charge in [0.1, 0.15) is 6.67 Å². The minimum absolute atomic E-state index is 0. The third-order valence-corrected chi connectivity index (χ3v) is 1.94. The van der Waals surface area contributed by atoms with Crippen LogP contribution in [0.15, 0.2) is 6.20 Å². The van der Waals surface area contributed by atoms with Gasteiger partial charge in [0, 0.05) is 18.3 Å². The molecule has 0 saturated heterocycles. The zero-order valence-corrected chi connectivity index (χ0v) is 10.3. The van der Waals surface area contributed by atoms with E-state index in [1.165, 1.54) is 0 Å². The first kappa shape index (κ1) is 14.2. The zero-order valence-electron chi connectivity index (χ0n) is 9.46. The summed E-state index contributed by atoms with van der Waals surface area (Å²) < 4.78 is 13.7. The number of hydrogen-bond donors (Lipinski definition) is 1. The molecule has 1 N–H and O–H groups in total. The van der Waals surface area contributed by atoms with Gasteiger partial charge in [-0.2, -0.15) is 5.10 Å². The highest BCUT2D eigenvalue weighted by Crippen LogP contribution is 2.11. The second-order valence-corrected chi connectivity index (χ2v) is 3.89. The Balaban J connectivity index is 0.00000196. The van der Waals surface area contributed by atoms with Gasteiger partial charge in [0.15, 0.2) is 5.82 Å². The van der Waals surface area contributed by atoms with Crippen LogP contribution in [0.3, 0.4) is 0 Å². The summed E-state index contributed by atoms with van der Waals surface area (Å²) in [6.45, 7) is 7.12. The minimum atomic E-state index is -0.370. The lowest BCUT2D eigenvalue weighted by Crippen LogP contribution is -2.09. The molecule has 0 aromatic carbocycles. The van der Waals surface area contributed by atoms with Crippen LogP contribution < -0.4 is 5.32 Å². The lowest BCUT2D eigenvalue weighted by atomic mass is 10.2. The summed E-state index contributed by atoms with van der Waals surface area (Å²) in [6, 6.07) is 0. The maximum atomic E-state index is 12.1. The van der Waals surface area contributed by atoms with E-state index in [1.54, 1.807) is 4.68 Å². The van der Waals surface area contributed by atoms with Crippen LogP contribution in [-0.2, 0) is 6.54 Å². The van der Waals surface area contributed by atoms with E-state index in [0.717, 1.165) is 17.9 Å². The third-order valence-electron chi connectivity index (χ3n) is 1.94. The molecule has 0 aliphatic rings. The number of alkyl halides is 1. The van der Waals surface area contributed by atoms with Crippen LogP contribution in [0.25, 0.3) is 0 Å². The van der Waals surface area contributed by atoms with Crippen molar-refractivity contribution in [2.45, 2.75) is 27.3 Å². The van der Waals surface area contributed by atoms with E-state index in [1.807, 2.05) is 13.1 Å². The largest absolute Gasteiger partial charge is 0.368 e. The van der Waals surface area contributed by atoms with Crippen LogP contribution in [0.1, 0.15) is 19.4 Å². The normalized spacial score (nSPS) is 10.2. The Kier molecular flexibility index (Phi) is 6.32. The van der Waals surface area contributed by atoms with Gasteiger partial charge in [-0.25, -0.2) is 4.39 Å². The lowest BCUT2D eigenvalue weighted by molar-refractivity contribution is 0.427. The summed E-state index contributed by atoms with van der Waals surface area (Å²) in [4.78, 5) is 0. The first-order valence-corrected chi connectivity index (χ1v) is 4.97. The average molecular weight is 236 g/mol. The Labute approximate surface area is 96.5 Å². The molecule has 0 bridgehead atoms. The smallest absolute Gasteiger partial charge is 0.150 e. The van der Waals surface area contributed by atoms with E-state index in [2.05, 4.69) is 24.3 Å². The lowest BCUT2D eigenvalue weighted by Gasteiger charge is -2.06. The second-order valence-electron chi connectivity index (χ2n) is 3.89. The fraction of sp³-hybridized carbons (Fsp3) is 0.700. The first-order chi connectivity index (χ1) is 6.63. The molecule has 1 heterocycles. The predicted molar refractivity (Wildman–Crippen MR) is 63.5 cm³/mol. The van der Waals surface area contributed by atoms with Gasteiger partial charge in [-0.3, -0.25) is 4.68 Å². The number of nitrogens with zero attached hydrogens (tertiary/aromatic N) is 2. The van der Waals surface area contributed by atoms with Crippen molar-refractivity contribution in [1.29, 1.82) is 0 Å². The molecular formula is C10H19ClFN3. The highest BCUT2D eigenvalue weighted by molar-refractivity contribution is 5.85. The van der Waals surface area contributed by atoms with Gasteiger partial charge in [0.25, 0.3) is 0 Å². The molecule has 0 radical (unpaired) electrons. The molecule has 15 heavy (non-hydrogen) atoms. The van der Waals surface area contributed by atoms with Crippen LogP contribution in [-0.4, -0.2) is 23.0 Å². The van der Waals surface area contributed by atoms with Gasteiger partial charge in [-0.1, -0.05) is 13.8 Å². The van der Waals surface area contributed by atoms with Crippen molar-refractivity contribution in [1.82, 2.24) is 9.78 Å². The number of anilines is 1. The Morgan fingerprint density at radius 3 is 2.73 bits per heavy atom. The maximum absolute atomic E-state index is 12.1. The molecule has 1 aromatic heterocycles. The Morgan fingerprint density at radius 1 is 1.53 bits per heavy atom. The van der Waals surface area contributed by atoms with Crippen LogP contribution in [0.4, 0.5) is 10.2 Å². The van der Waals surface area contributed by atoms with Gasteiger partial charge in [0.05, 0.1) is 6.54 Å². The highest BCUT2D eigenvalue weighted by atomic mass is 35.5. The first-order valence-electron chi connectivity index (χ1n) is 4.97. The molecule has 0 atom stereocenters. The minimum Gasteiger partial charge on any atom is -0.368 e.